The molecule has 0 aliphatic heterocycles. The summed E-state index contributed by atoms with van der Waals surface area (Å²) in [6.45, 7) is 1.91. The summed E-state index contributed by atoms with van der Waals surface area (Å²) in [5, 5.41) is 3.98. The number of aromatic nitrogens is 3. The molecule has 2 aromatic carbocycles. The second kappa shape index (κ2) is 9.44. The second-order valence-corrected chi connectivity index (χ2v) is 7.54. The van der Waals surface area contributed by atoms with E-state index >= 15 is 0 Å². The number of carbonyl (C=O) groups excluding carboxylic acids is 2. The Morgan fingerprint density at radius 3 is 2.73 bits per heavy atom. The van der Waals surface area contributed by atoms with Gasteiger partial charge in [0.1, 0.15) is 0 Å². The van der Waals surface area contributed by atoms with Crippen LogP contribution in [0.15, 0.2) is 67.3 Å². The predicted octanol–water partition coefficient (Wildman–Crippen LogP) is 4.01. The molecule has 4 aromatic rings. The molecular formula is C25H24N4O4. The molecule has 8 nitrogen and oxygen atoms in total. The third-order valence-electron chi connectivity index (χ3n) is 5.01. The molecule has 0 aliphatic rings. The molecule has 168 valence electrons. The average molecular weight is 444 g/mol. The van der Waals surface area contributed by atoms with Gasteiger partial charge in [0, 0.05) is 37.8 Å². The number of para-hydroxylation sites is 1. The molecule has 2 aromatic heterocycles. The Balaban J connectivity index is 1.54. The minimum Gasteiger partial charge on any atom is -0.493 e. The summed E-state index contributed by atoms with van der Waals surface area (Å²) >= 11 is 0. The summed E-state index contributed by atoms with van der Waals surface area (Å²) in [5.74, 6) is 0.00346. The van der Waals surface area contributed by atoms with Crippen molar-refractivity contribution in [1.82, 2.24) is 14.1 Å². The van der Waals surface area contributed by atoms with Crippen LogP contribution in [0.4, 0.5) is 5.69 Å². The van der Waals surface area contributed by atoms with Crippen LogP contribution in [0.1, 0.15) is 18.2 Å². The minimum atomic E-state index is -0.450. The molecule has 0 saturated heterocycles. The lowest BCUT2D eigenvalue weighted by molar-refractivity contribution is -0.132. The highest BCUT2D eigenvalue weighted by molar-refractivity contribution is 6.06. The first-order chi connectivity index (χ1) is 15.9. The first-order valence-corrected chi connectivity index (χ1v) is 10.3. The fourth-order valence-electron chi connectivity index (χ4n) is 3.59. The molecule has 8 heteroatoms. The van der Waals surface area contributed by atoms with Crippen LogP contribution in [0.3, 0.4) is 0 Å². The Morgan fingerprint density at radius 2 is 2.00 bits per heavy atom. The molecule has 0 fully saturated rings. The van der Waals surface area contributed by atoms with Gasteiger partial charge in [0.15, 0.2) is 11.5 Å². The Hall–Kier alpha value is -4.33. The van der Waals surface area contributed by atoms with E-state index < -0.39 is 5.97 Å². The molecule has 0 spiro atoms. The number of nitrogens with one attached hydrogen (secondary N) is 1. The van der Waals surface area contributed by atoms with Crippen molar-refractivity contribution in [3.63, 3.8) is 0 Å². The molecule has 1 amide bonds. The SMILES string of the molecule is COc1ccc(C=CC(=O)Nc2cccc3ccn(Cc4cn(C)cn4)c23)cc1OC(C)=O. The number of carbonyl (C=O) groups is 2. The maximum atomic E-state index is 12.7. The number of amides is 1. The Morgan fingerprint density at radius 1 is 1.15 bits per heavy atom. The highest BCUT2D eigenvalue weighted by Crippen LogP contribution is 2.29. The second-order valence-electron chi connectivity index (χ2n) is 7.54. The third-order valence-corrected chi connectivity index (χ3v) is 5.01. The van der Waals surface area contributed by atoms with Crippen LogP contribution in [-0.4, -0.2) is 33.1 Å². The van der Waals surface area contributed by atoms with Gasteiger partial charge < -0.3 is 23.9 Å². The zero-order valence-corrected chi connectivity index (χ0v) is 18.6. The summed E-state index contributed by atoms with van der Waals surface area (Å²) in [4.78, 5) is 28.4. The molecule has 0 aliphatic carbocycles. The van der Waals surface area contributed by atoms with Crippen molar-refractivity contribution in [2.45, 2.75) is 13.5 Å². The first-order valence-electron chi connectivity index (χ1n) is 10.3. The Bertz CT molecular complexity index is 1350. The van der Waals surface area contributed by atoms with Gasteiger partial charge in [-0.3, -0.25) is 9.59 Å². The number of ether oxygens (including phenoxy) is 2. The van der Waals surface area contributed by atoms with Crippen molar-refractivity contribution >= 4 is 34.5 Å². The molecule has 4 rings (SSSR count). The van der Waals surface area contributed by atoms with Crippen molar-refractivity contribution in [3.8, 4) is 11.5 Å². The minimum absolute atomic E-state index is 0.280. The van der Waals surface area contributed by atoms with Crippen LogP contribution < -0.4 is 14.8 Å². The van der Waals surface area contributed by atoms with Crippen molar-refractivity contribution in [2.75, 3.05) is 12.4 Å². The van der Waals surface area contributed by atoms with Gasteiger partial charge in [-0.25, -0.2) is 4.98 Å². The topological polar surface area (TPSA) is 87.4 Å². The van der Waals surface area contributed by atoms with Crippen molar-refractivity contribution in [3.05, 3.63) is 78.5 Å². The largest absolute Gasteiger partial charge is 0.493 e. The summed E-state index contributed by atoms with van der Waals surface area (Å²) in [6.07, 6.45) is 8.80. The van der Waals surface area contributed by atoms with Crippen LogP contribution in [-0.2, 0) is 23.2 Å². The highest BCUT2D eigenvalue weighted by atomic mass is 16.6. The van der Waals surface area contributed by atoms with Crippen molar-refractivity contribution < 1.29 is 19.1 Å². The van der Waals surface area contributed by atoms with Gasteiger partial charge in [-0.15, -0.1) is 0 Å². The lowest BCUT2D eigenvalue weighted by atomic mass is 10.2. The summed E-state index contributed by atoms with van der Waals surface area (Å²) < 4.78 is 14.3. The van der Waals surface area contributed by atoms with Gasteiger partial charge in [0.05, 0.1) is 36.9 Å². The van der Waals surface area contributed by atoms with E-state index in [4.69, 9.17) is 9.47 Å². The van der Waals surface area contributed by atoms with E-state index in [9.17, 15) is 9.59 Å². The van der Waals surface area contributed by atoms with E-state index in [0.29, 0.717) is 29.3 Å². The van der Waals surface area contributed by atoms with E-state index in [1.165, 1.54) is 20.1 Å². The van der Waals surface area contributed by atoms with Gasteiger partial charge in [-0.2, -0.15) is 0 Å². The Kier molecular flexibility index (Phi) is 6.26. The maximum absolute atomic E-state index is 12.7. The predicted molar refractivity (Wildman–Crippen MR) is 126 cm³/mol. The fraction of sp³-hybridized carbons (Fsp3) is 0.160. The zero-order chi connectivity index (χ0) is 23.4. The molecular weight excluding hydrogens is 420 g/mol. The fourth-order valence-corrected chi connectivity index (χ4v) is 3.59. The molecule has 0 bridgehead atoms. The maximum Gasteiger partial charge on any atom is 0.308 e. The number of anilines is 1. The van der Waals surface area contributed by atoms with Gasteiger partial charge in [-0.1, -0.05) is 18.2 Å². The number of esters is 1. The van der Waals surface area contributed by atoms with Crippen molar-refractivity contribution in [2.24, 2.45) is 7.05 Å². The number of fused-ring (bicyclic) bond motifs is 1. The van der Waals surface area contributed by atoms with Crippen LogP contribution in [0.25, 0.3) is 17.0 Å². The third kappa shape index (κ3) is 5.12. The molecule has 0 saturated carbocycles. The molecule has 33 heavy (non-hydrogen) atoms. The number of methoxy groups -OCH3 is 1. The van der Waals surface area contributed by atoms with E-state index in [1.54, 1.807) is 30.6 Å². The molecule has 0 unspecified atom stereocenters. The van der Waals surface area contributed by atoms with Crippen molar-refractivity contribution in [1.29, 1.82) is 0 Å². The average Bonchev–Trinajstić information content (AvgIpc) is 3.39. The van der Waals surface area contributed by atoms with E-state index in [0.717, 1.165) is 16.6 Å². The highest BCUT2D eigenvalue weighted by Gasteiger charge is 2.11. The quantitative estimate of drug-likeness (QED) is 0.264. The molecule has 1 N–H and O–H groups in total. The molecule has 2 heterocycles. The number of hydrogen-bond donors (Lipinski definition) is 1. The number of benzene rings is 2. The zero-order valence-electron chi connectivity index (χ0n) is 18.6. The first kappa shape index (κ1) is 21.9. The summed E-state index contributed by atoms with van der Waals surface area (Å²) in [6, 6.07) is 12.9. The number of rotatable bonds is 7. The smallest absolute Gasteiger partial charge is 0.308 e. The van der Waals surface area contributed by atoms with E-state index in [1.807, 2.05) is 48.3 Å². The van der Waals surface area contributed by atoms with E-state index in [-0.39, 0.29) is 5.91 Å². The number of aryl methyl sites for hydroxylation is 1. The van der Waals surface area contributed by atoms with Gasteiger partial charge >= 0.3 is 5.97 Å². The summed E-state index contributed by atoms with van der Waals surface area (Å²) in [5.41, 5.74) is 3.25. The number of hydrogen-bond acceptors (Lipinski definition) is 5. The monoisotopic (exact) mass is 444 g/mol. The molecule has 0 atom stereocenters. The van der Waals surface area contributed by atoms with Crippen LogP contribution in [0, 0.1) is 0 Å². The lowest BCUT2D eigenvalue weighted by Gasteiger charge is -2.10. The Labute approximate surface area is 191 Å². The normalized spacial score (nSPS) is 11.1. The summed E-state index contributed by atoms with van der Waals surface area (Å²) in [7, 11) is 3.43. The van der Waals surface area contributed by atoms with Gasteiger partial charge in [0.2, 0.25) is 5.91 Å². The number of nitrogens with zero attached hydrogens (tertiary/aromatic N) is 3. The van der Waals surface area contributed by atoms with Crippen LogP contribution >= 0.6 is 0 Å². The lowest BCUT2D eigenvalue weighted by Crippen LogP contribution is -2.10. The van der Waals surface area contributed by atoms with Gasteiger partial charge in [-0.05, 0) is 35.9 Å². The van der Waals surface area contributed by atoms with Crippen LogP contribution in [0.5, 0.6) is 11.5 Å². The standard InChI is InChI=1S/C25H24N4O4/c1-17(30)33-23-13-18(7-9-22(23)32-3)8-10-24(31)27-21-6-4-5-19-11-12-29(25(19)21)15-20-14-28(2)16-26-20/h4-14,16H,15H2,1-3H3,(H,27,31). The molecule has 0 radical (unpaired) electrons. The van der Waals surface area contributed by atoms with Gasteiger partial charge in [0.25, 0.3) is 0 Å². The van der Waals surface area contributed by atoms with Crippen LogP contribution in [0.2, 0.25) is 0 Å². The number of imidazole rings is 1. The van der Waals surface area contributed by atoms with E-state index in [2.05, 4.69) is 14.9 Å².